The Labute approximate surface area is 136 Å². The zero-order valence-corrected chi connectivity index (χ0v) is 13.7. The summed E-state index contributed by atoms with van der Waals surface area (Å²) >= 11 is 0. The Kier molecular flexibility index (Phi) is 3.69. The average Bonchev–Trinajstić information content (AvgIpc) is 3.08. The van der Waals surface area contributed by atoms with E-state index in [0.717, 1.165) is 61.8 Å². The lowest BCUT2D eigenvalue weighted by atomic mass is 10.0. The zero-order valence-electron chi connectivity index (χ0n) is 13.7. The van der Waals surface area contributed by atoms with E-state index in [1.165, 1.54) is 5.56 Å². The maximum atomic E-state index is 4.48. The number of hydrogen-bond acceptors (Lipinski definition) is 6. The van der Waals surface area contributed by atoms with Gasteiger partial charge in [0.1, 0.15) is 12.1 Å². The summed E-state index contributed by atoms with van der Waals surface area (Å²) in [6.07, 6.45) is 7.31. The van der Waals surface area contributed by atoms with Crippen molar-refractivity contribution in [3.05, 3.63) is 41.9 Å². The van der Waals surface area contributed by atoms with Crippen molar-refractivity contribution in [1.29, 1.82) is 0 Å². The third-order valence-corrected chi connectivity index (χ3v) is 4.95. The lowest BCUT2D eigenvalue weighted by molar-refractivity contribution is 0.304. The number of hydrogen-bond donors (Lipinski definition) is 0. The van der Waals surface area contributed by atoms with Crippen molar-refractivity contribution in [1.82, 2.24) is 24.8 Å². The Bertz CT molecular complexity index is 672. The van der Waals surface area contributed by atoms with Crippen LogP contribution in [0.25, 0.3) is 0 Å². The van der Waals surface area contributed by atoms with Gasteiger partial charge in [0.25, 0.3) is 0 Å². The first kappa shape index (κ1) is 14.5. The molecule has 0 saturated carbocycles. The van der Waals surface area contributed by atoms with Gasteiger partial charge in [-0.25, -0.2) is 9.97 Å². The highest BCUT2D eigenvalue weighted by Gasteiger charge is 2.40. The minimum Gasteiger partial charge on any atom is -0.356 e. The zero-order chi connectivity index (χ0) is 15.8. The summed E-state index contributed by atoms with van der Waals surface area (Å²) in [4.78, 5) is 22.3. The van der Waals surface area contributed by atoms with Crippen LogP contribution in [0.15, 0.2) is 24.9 Å². The van der Waals surface area contributed by atoms with E-state index in [9.17, 15) is 0 Å². The van der Waals surface area contributed by atoms with E-state index in [0.29, 0.717) is 0 Å². The lowest BCUT2D eigenvalue weighted by Gasteiger charge is -2.23. The van der Waals surface area contributed by atoms with Crippen molar-refractivity contribution >= 4 is 5.82 Å². The second kappa shape index (κ2) is 5.85. The molecule has 2 saturated heterocycles. The molecule has 2 aromatic heterocycles. The molecule has 23 heavy (non-hydrogen) atoms. The van der Waals surface area contributed by atoms with Gasteiger partial charge in [0, 0.05) is 56.9 Å². The highest BCUT2D eigenvalue weighted by atomic mass is 15.3. The second-order valence-corrected chi connectivity index (χ2v) is 6.80. The minimum absolute atomic E-state index is 0.725. The number of nitrogens with zero attached hydrogens (tertiary/aromatic N) is 6. The second-order valence-electron chi connectivity index (χ2n) is 6.80. The molecule has 4 rings (SSSR count). The van der Waals surface area contributed by atoms with Crippen LogP contribution < -0.4 is 4.90 Å². The highest BCUT2D eigenvalue weighted by molar-refractivity contribution is 5.46. The van der Waals surface area contributed by atoms with Gasteiger partial charge >= 0.3 is 0 Å². The quantitative estimate of drug-likeness (QED) is 0.855. The third-order valence-electron chi connectivity index (χ3n) is 4.95. The van der Waals surface area contributed by atoms with E-state index in [1.807, 2.05) is 25.5 Å². The van der Waals surface area contributed by atoms with Crippen LogP contribution in [-0.4, -0.2) is 51.0 Å². The Balaban J connectivity index is 1.38. The van der Waals surface area contributed by atoms with Crippen LogP contribution in [0.5, 0.6) is 0 Å². The van der Waals surface area contributed by atoms with Crippen molar-refractivity contribution in [2.45, 2.75) is 20.4 Å². The van der Waals surface area contributed by atoms with Gasteiger partial charge in [0.15, 0.2) is 0 Å². The molecule has 2 unspecified atom stereocenters. The molecular formula is C17H22N6. The molecule has 120 valence electrons. The molecule has 2 fully saturated rings. The molecule has 4 heterocycles. The first-order valence-corrected chi connectivity index (χ1v) is 8.20. The molecule has 0 spiro atoms. The molecule has 0 amide bonds. The van der Waals surface area contributed by atoms with Crippen molar-refractivity contribution < 1.29 is 0 Å². The topological polar surface area (TPSA) is 58.0 Å². The fourth-order valence-electron chi connectivity index (χ4n) is 3.85. The average molecular weight is 310 g/mol. The van der Waals surface area contributed by atoms with Gasteiger partial charge in [-0.1, -0.05) is 0 Å². The maximum Gasteiger partial charge on any atom is 0.134 e. The molecule has 2 aliphatic rings. The van der Waals surface area contributed by atoms with Crippen LogP contribution in [0.1, 0.15) is 17.0 Å². The van der Waals surface area contributed by atoms with E-state index >= 15 is 0 Å². The molecule has 2 aromatic rings. The first-order chi connectivity index (χ1) is 11.2. The van der Waals surface area contributed by atoms with Crippen LogP contribution in [0.3, 0.4) is 0 Å². The molecule has 2 atom stereocenters. The summed E-state index contributed by atoms with van der Waals surface area (Å²) in [5.41, 5.74) is 3.21. The van der Waals surface area contributed by atoms with Crippen LogP contribution in [0.4, 0.5) is 5.82 Å². The predicted octanol–water partition coefficient (Wildman–Crippen LogP) is 1.45. The number of aryl methyl sites for hydroxylation is 2. The molecule has 0 radical (unpaired) electrons. The number of fused-ring (bicyclic) bond motifs is 1. The van der Waals surface area contributed by atoms with Gasteiger partial charge in [0.2, 0.25) is 0 Å². The largest absolute Gasteiger partial charge is 0.356 e. The third kappa shape index (κ3) is 2.91. The standard InChI is InChI=1S/C17H22N6/c1-12-3-18-11-21-17(12)23-8-14-6-22(7-15(14)9-23)10-16-5-19-13(2)4-20-16/h3-5,11,14-15H,6-10H2,1-2H3. The van der Waals surface area contributed by atoms with Crippen molar-refractivity contribution in [3.8, 4) is 0 Å². The first-order valence-electron chi connectivity index (χ1n) is 8.20. The summed E-state index contributed by atoms with van der Waals surface area (Å²) in [7, 11) is 0. The van der Waals surface area contributed by atoms with Gasteiger partial charge in [-0.05, 0) is 25.7 Å². The summed E-state index contributed by atoms with van der Waals surface area (Å²) in [6, 6.07) is 0. The van der Waals surface area contributed by atoms with Gasteiger partial charge in [-0.2, -0.15) is 0 Å². The highest BCUT2D eigenvalue weighted by Crippen LogP contribution is 2.34. The number of aromatic nitrogens is 4. The minimum atomic E-state index is 0.725. The molecule has 0 N–H and O–H groups in total. The summed E-state index contributed by atoms with van der Waals surface area (Å²) in [5, 5.41) is 0. The van der Waals surface area contributed by atoms with E-state index in [2.05, 4.69) is 36.7 Å². The van der Waals surface area contributed by atoms with Gasteiger partial charge in [0.05, 0.1) is 11.4 Å². The Morgan fingerprint density at radius 1 is 0.957 bits per heavy atom. The Hall–Kier alpha value is -2.08. The van der Waals surface area contributed by atoms with Gasteiger partial charge in [-0.15, -0.1) is 0 Å². The molecule has 6 nitrogen and oxygen atoms in total. The summed E-state index contributed by atoms with van der Waals surface area (Å²) in [5.74, 6) is 2.55. The van der Waals surface area contributed by atoms with Gasteiger partial charge < -0.3 is 4.90 Å². The van der Waals surface area contributed by atoms with E-state index < -0.39 is 0 Å². The van der Waals surface area contributed by atoms with Crippen LogP contribution in [-0.2, 0) is 6.54 Å². The van der Waals surface area contributed by atoms with Crippen molar-refractivity contribution in [3.63, 3.8) is 0 Å². The van der Waals surface area contributed by atoms with Crippen molar-refractivity contribution in [2.24, 2.45) is 11.8 Å². The van der Waals surface area contributed by atoms with E-state index in [1.54, 1.807) is 6.33 Å². The van der Waals surface area contributed by atoms with Gasteiger partial charge in [-0.3, -0.25) is 14.9 Å². The smallest absolute Gasteiger partial charge is 0.134 e. The molecule has 6 heteroatoms. The normalized spacial score (nSPS) is 24.2. The number of anilines is 1. The summed E-state index contributed by atoms with van der Waals surface area (Å²) in [6.45, 7) is 9.44. The van der Waals surface area contributed by atoms with Crippen LogP contribution >= 0.6 is 0 Å². The molecule has 2 aliphatic heterocycles. The molecular weight excluding hydrogens is 288 g/mol. The van der Waals surface area contributed by atoms with Crippen molar-refractivity contribution in [2.75, 3.05) is 31.1 Å². The Morgan fingerprint density at radius 2 is 1.74 bits per heavy atom. The fourth-order valence-corrected chi connectivity index (χ4v) is 3.85. The molecule has 0 aliphatic carbocycles. The van der Waals surface area contributed by atoms with Crippen LogP contribution in [0, 0.1) is 25.7 Å². The lowest BCUT2D eigenvalue weighted by Crippen LogP contribution is -2.29. The maximum absolute atomic E-state index is 4.48. The SMILES string of the molecule is Cc1cnc(CN2CC3CN(c4ncncc4C)CC3C2)cn1. The fraction of sp³-hybridized carbons (Fsp3) is 0.529. The van der Waals surface area contributed by atoms with E-state index in [-0.39, 0.29) is 0 Å². The predicted molar refractivity (Wildman–Crippen MR) is 88.0 cm³/mol. The van der Waals surface area contributed by atoms with E-state index in [4.69, 9.17) is 0 Å². The van der Waals surface area contributed by atoms with Crippen LogP contribution in [0.2, 0.25) is 0 Å². The number of rotatable bonds is 3. The number of likely N-dealkylation sites (tertiary alicyclic amines) is 1. The Morgan fingerprint density at radius 3 is 2.39 bits per heavy atom. The molecule has 0 aromatic carbocycles. The summed E-state index contributed by atoms with van der Waals surface area (Å²) < 4.78 is 0. The molecule has 0 bridgehead atoms. The monoisotopic (exact) mass is 310 g/mol.